The lowest BCUT2D eigenvalue weighted by atomic mass is 10.1. The molecule has 25 heavy (non-hydrogen) atoms. The molecule has 0 saturated heterocycles. The number of carbonyl (C=O) groups excluding carboxylic acids is 1. The van der Waals surface area contributed by atoms with Crippen LogP contribution in [0.25, 0.3) is 0 Å². The van der Waals surface area contributed by atoms with Gasteiger partial charge in [-0.25, -0.2) is 8.42 Å². The van der Waals surface area contributed by atoms with Crippen LogP contribution in [-0.4, -0.2) is 27.1 Å². The molecule has 0 bridgehead atoms. The molecule has 0 radical (unpaired) electrons. The smallest absolute Gasteiger partial charge is 0.245 e. The summed E-state index contributed by atoms with van der Waals surface area (Å²) in [6.07, 6.45) is 1.80. The van der Waals surface area contributed by atoms with E-state index in [0.717, 1.165) is 27.3 Å². The third kappa shape index (κ3) is 4.60. The van der Waals surface area contributed by atoms with Crippen molar-refractivity contribution >= 4 is 27.3 Å². The number of para-hydroxylation sites is 1. The predicted octanol–water partition coefficient (Wildman–Crippen LogP) is 3.27. The molecule has 2 aromatic carbocycles. The van der Waals surface area contributed by atoms with E-state index in [1.54, 1.807) is 12.1 Å². The average Bonchev–Trinajstić information content (AvgIpc) is 2.56. The number of aryl methyl sites for hydroxylation is 2. The van der Waals surface area contributed by atoms with E-state index in [9.17, 15) is 13.2 Å². The molecule has 6 heteroatoms. The van der Waals surface area contributed by atoms with Crippen LogP contribution in [0.4, 0.5) is 11.4 Å². The zero-order chi connectivity index (χ0) is 18.6. The van der Waals surface area contributed by atoms with Crippen LogP contribution in [0.3, 0.4) is 0 Å². The van der Waals surface area contributed by atoms with Crippen molar-refractivity contribution in [1.29, 1.82) is 0 Å². The maximum Gasteiger partial charge on any atom is 0.245 e. The first-order chi connectivity index (χ1) is 11.7. The van der Waals surface area contributed by atoms with Crippen molar-refractivity contribution in [2.75, 3.05) is 22.4 Å². The van der Waals surface area contributed by atoms with Crippen LogP contribution in [0.5, 0.6) is 0 Å². The lowest BCUT2D eigenvalue weighted by Crippen LogP contribution is -2.38. The first-order valence-corrected chi connectivity index (χ1v) is 10.0. The summed E-state index contributed by atoms with van der Waals surface area (Å²) in [5.41, 5.74) is 4.16. The Bertz CT molecular complexity index is 876. The monoisotopic (exact) mass is 360 g/mol. The lowest BCUT2D eigenvalue weighted by Gasteiger charge is -2.24. The van der Waals surface area contributed by atoms with E-state index in [-0.39, 0.29) is 12.5 Å². The molecule has 0 spiro atoms. The molecular weight excluding hydrogens is 336 g/mol. The van der Waals surface area contributed by atoms with Gasteiger partial charge in [-0.1, -0.05) is 37.3 Å². The van der Waals surface area contributed by atoms with Gasteiger partial charge in [0.1, 0.15) is 6.54 Å². The summed E-state index contributed by atoms with van der Waals surface area (Å²) in [5, 5.41) is 2.82. The summed E-state index contributed by atoms with van der Waals surface area (Å²) < 4.78 is 25.7. The minimum absolute atomic E-state index is 0.261. The van der Waals surface area contributed by atoms with Crippen molar-refractivity contribution in [2.24, 2.45) is 0 Å². The fraction of sp³-hybridized carbons (Fsp3) is 0.316. The SMILES string of the molecule is CCc1ccccc1N(CC(=O)Nc1cccc(C)c1C)S(C)(=O)=O. The molecule has 134 valence electrons. The quantitative estimate of drug-likeness (QED) is 0.860. The van der Waals surface area contributed by atoms with Gasteiger partial charge >= 0.3 is 0 Å². The van der Waals surface area contributed by atoms with Gasteiger partial charge in [-0.2, -0.15) is 0 Å². The number of hydrogen-bond donors (Lipinski definition) is 1. The maximum atomic E-state index is 12.5. The number of hydrogen-bond acceptors (Lipinski definition) is 3. The van der Waals surface area contributed by atoms with Crippen LogP contribution in [0.1, 0.15) is 23.6 Å². The van der Waals surface area contributed by atoms with Crippen LogP contribution in [-0.2, 0) is 21.2 Å². The van der Waals surface area contributed by atoms with Crippen LogP contribution >= 0.6 is 0 Å². The third-order valence-electron chi connectivity index (χ3n) is 4.21. The molecule has 0 fully saturated rings. The maximum absolute atomic E-state index is 12.5. The zero-order valence-corrected chi connectivity index (χ0v) is 15.9. The van der Waals surface area contributed by atoms with Crippen molar-refractivity contribution < 1.29 is 13.2 Å². The van der Waals surface area contributed by atoms with Gasteiger partial charge in [-0.3, -0.25) is 9.10 Å². The predicted molar refractivity (Wildman–Crippen MR) is 103 cm³/mol. The van der Waals surface area contributed by atoms with Gasteiger partial charge in [-0.05, 0) is 49.1 Å². The summed E-state index contributed by atoms with van der Waals surface area (Å²) in [5.74, 6) is -0.370. The Morgan fingerprint density at radius 3 is 2.40 bits per heavy atom. The van der Waals surface area contributed by atoms with Crippen molar-refractivity contribution in [3.63, 3.8) is 0 Å². The highest BCUT2D eigenvalue weighted by atomic mass is 32.2. The van der Waals surface area contributed by atoms with Crippen LogP contribution < -0.4 is 9.62 Å². The highest BCUT2D eigenvalue weighted by molar-refractivity contribution is 7.92. The van der Waals surface area contributed by atoms with Crippen molar-refractivity contribution in [2.45, 2.75) is 27.2 Å². The molecule has 0 aliphatic heterocycles. The number of carbonyl (C=O) groups is 1. The van der Waals surface area contributed by atoms with E-state index < -0.39 is 10.0 Å². The normalized spacial score (nSPS) is 11.2. The fourth-order valence-electron chi connectivity index (χ4n) is 2.64. The van der Waals surface area contributed by atoms with Gasteiger partial charge in [0.25, 0.3) is 0 Å². The summed E-state index contributed by atoms with van der Waals surface area (Å²) in [6, 6.07) is 12.9. The lowest BCUT2D eigenvalue weighted by molar-refractivity contribution is -0.114. The number of benzene rings is 2. The molecule has 0 saturated carbocycles. The van der Waals surface area contributed by atoms with Gasteiger partial charge in [0.05, 0.1) is 11.9 Å². The molecule has 0 atom stereocenters. The van der Waals surface area contributed by atoms with E-state index in [1.807, 2.05) is 51.1 Å². The topological polar surface area (TPSA) is 66.5 Å². The number of sulfonamides is 1. The van der Waals surface area contributed by atoms with Crippen molar-refractivity contribution in [1.82, 2.24) is 0 Å². The van der Waals surface area contributed by atoms with Crippen LogP contribution in [0.15, 0.2) is 42.5 Å². The molecule has 2 rings (SSSR count). The highest BCUT2D eigenvalue weighted by Crippen LogP contribution is 2.24. The standard InChI is InChI=1S/C19H24N2O3S/c1-5-16-10-6-7-12-18(16)21(25(4,23)24)13-19(22)20-17-11-8-9-14(2)15(17)3/h6-12H,5,13H2,1-4H3,(H,20,22). The van der Waals surface area contributed by atoms with E-state index in [4.69, 9.17) is 0 Å². The molecule has 1 N–H and O–H groups in total. The Labute approximate surface area is 149 Å². The molecule has 2 aromatic rings. The fourth-order valence-corrected chi connectivity index (χ4v) is 3.53. The molecule has 0 aromatic heterocycles. The van der Waals surface area contributed by atoms with Gasteiger partial charge in [-0.15, -0.1) is 0 Å². The molecule has 0 aliphatic carbocycles. The number of rotatable bonds is 6. The van der Waals surface area contributed by atoms with E-state index in [0.29, 0.717) is 17.8 Å². The van der Waals surface area contributed by atoms with E-state index >= 15 is 0 Å². The molecule has 0 unspecified atom stereocenters. The third-order valence-corrected chi connectivity index (χ3v) is 5.33. The Morgan fingerprint density at radius 2 is 1.76 bits per heavy atom. The summed E-state index contributed by atoms with van der Waals surface area (Å²) in [4.78, 5) is 12.5. The Morgan fingerprint density at radius 1 is 1.08 bits per heavy atom. The average molecular weight is 360 g/mol. The molecular formula is C19H24N2O3S. The molecule has 0 aliphatic rings. The minimum Gasteiger partial charge on any atom is -0.324 e. The highest BCUT2D eigenvalue weighted by Gasteiger charge is 2.23. The van der Waals surface area contributed by atoms with Gasteiger partial charge in [0.15, 0.2) is 0 Å². The zero-order valence-electron chi connectivity index (χ0n) is 15.0. The number of nitrogens with zero attached hydrogens (tertiary/aromatic N) is 1. The van der Waals surface area contributed by atoms with Gasteiger partial charge < -0.3 is 5.32 Å². The van der Waals surface area contributed by atoms with Gasteiger partial charge in [0.2, 0.25) is 15.9 Å². The summed E-state index contributed by atoms with van der Waals surface area (Å²) in [6.45, 7) is 5.58. The second-order valence-electron chi connectivity index (χ2n) is 6.05. The Hall–Kier alpha value is -2.34. The Kier molecular flexibility index (Phi) is 5.85. The summed E-state index contributed by atoms with van der Waals surface area (Å²) in [7, 11) is -3.58. The van der Waals surface area contributed by atoms with E-state index in [1.165, 1.54) is 0 Å². The number of nitrogens with one attached hydrogen (secondary N) is 1. The van der Waals surface area contributed by atoms with Crippen LogP contribution in [0, 0.1) is 13.8 Å². The van der Waals surface area contributed by atoms with E-state index in [2.05, 4.69) is 5.32 Å². The Balaban J connectivity index is 2.29. The molecule has 0 heterocycles. The molecule has 1 amide bonds. The van der Waals surface area contributed by atoms with Crippen LogP contribution in [0.2, 0.25) is 0 Å². The van der Waals surface area contributed by atoms with Crippen molar-refractivity contribution in [3.05, 3.63) is 59.2 Å². The van der Waals surface area contributed by atoms with Crippen molar-refractivity contribution in [3.8, 4) is 0 Å². The second-order valence-corrected chi connectivity index (χ2v) is 7.95. The number of anilines is 2. The summed E-state index contributed by atoms with van der Waals surface area (Å²) >= 11 is 0. The molecule has 5 nitrogen and oxygen atoms in total. The first kappa shape index (κ1) is 19.0. The second kappa shape index (κ2) is 7.70. The minimum atomic E-state index is -3.58. The number of amides is 1. The first-order valence-electron chi connectivity index (χ1n) is 8.15. The largest absolute Gasteiger partial charge is 0.324 e. The van der Waals surface area contributed by atoms with Gasteiger partial charge in [0, 0.05) is 5.69 Å².